The minimum Gasteiger partial charge on any atom is -0.374 e. The fourth-order valence-electron chi connectivity index (χ4n) is 5.96. The highest BCUT2D eigenvalue weighted by Crippen LogP contribution is 2.31. The number of carbonyl (C=O) groups is 3. The quantitative estimate of drug-likeness (QED) is 0.158. The molecule has 3 aromatic carbocycles. The predicted molar refractivity (Wildman–Crippen MR) is 180 cm³/mol. The van der Waals surface area contributed by atoms with Gasteiger partial charge in [0.15, 0.2) is 0 Å². The smallest absolute Gasteiger partial charge is 0.247 e. The minimum atomic E-state index is -0.860. The molecule has 10 nitrogen and oxygen atoms in total. The third-order valence-corrected chi connectivity index (χ3v) is 8.48. The number of unbranched alkanes of at least 4 members (excludes halogenated alkanes) is 1. The summed E-state index contributed by atoms with van der Waals surface area (Å²) in [7, 11) is 1.64. The van der Waals surface area contributed by atoms with Crippen LogP contribution in [0, 0.1) is 0 Å². The lowest BCUT2D eigenvalue weighted by atomic mass is 10.00. The van der Waals surface area contributed by atoms with Crippen LogP contribution in [0.5, 0.6) is 0 Å². The van der Waals surface area contributed by atoms with Crippen molar-refractivity contribution in [2.24, 2.45) is 11.5 Å². The minimum absolute atomic E-state index is 0.278. The molecule has 236 valence electrons. The fourth-order valence-corrected chi connectivity index (χ4v) is 5.96. The van der Waals surface area contributed by atoms with E-state index in [0.29, 0.717) is 50.9 Å². The highest BCUT2D eigenvalue weighted by Gasteiger charge is 2.34. The number of fused-ring (bicyclic) bond motifs is 5. The number of nitrogens with one attached hydrogen (secondary N) is 4. The molecule has 4 aromatic rings. The summed E-state index contributed by atoms with van der Waals surface area (Å²) in [5.74, 6) is -0.941. The van der Waals surface area contributed by atoms with E-state index in [0.717, 1.165) is 33.3 Å². The van der Waals surface area contributed by atoms with Crippen molar-refractivity contribution in [1.82, 2.24) is 15.2 Å². The Morgan fingerprint density at radius 2 is 1.53 bits per heavy atom. The van der Waals surface area contributed by atoms with Gasteiger partial charge in [-0.25, -0.2) is 0 Å². The first-order valence-corrected chi connectivity index (χ1v) is 15.7. The highest BCUT2D eigenvalue weighted by atomic mass is 16.2. The Labute approximate surface area is 263 Å². The van der Waals surface area contributed by atoms with Gasteiger partial charge >= 0.3 is 0 Å². The number of rotatable bonds is 9. The monoisotopic (exact) mass is 609 g/mol. The highest BCUT2D eigenvalue weighted by molar-refractivity contribution is 6.02. The predicted octanol–water partition coefficient (Wildman–Crippen LogP) is 3.99. The van der Waals surface area contributed by atoms with Crippen molar-refractivity contribution in [2.75, 3.05) is 30.8 Å². The van der Waals surface area contributed by atoms with E-state index in [1.165, 1.54) is 4.90 Å². The Morgan fingerprint density at radius 1 is 0.778 bits per heavy atom. The molecule has 8 N–H and O–H groups in total. The molecule has 1 aromatic heterocycles. The van der Waals surface area contributed by atoms with Gasteiger partial charge in [0.05, 0.1) is 0 Å². The molecule has 1 aliphatic heterocycles. The zero-order valence-corrected chi connectivity index (χ0v) is 25.7. The molecule has 3 atom stereocenters. The number of benzene rings is 3. The van der Waals surface area contributed by atoms with Crippen molar-refractivity contribution < 1.29 is 14.4 Å². The van der Waals surface area contributed by atoms with Gasteiger partial charge in [-0.3, -0.25) is 14.4 Å². The lowest BCUT2D eigenvalue weighted by Crippen LogP contribution is -2.55. The van der Waals surface area contributed by atoms with E-state index in [1.807, 2.05) is 79.0 Å². The Balaban J connectivity index is 1.59. The summed E-state index contributed by atoms with van der Waals surface area (Å²) >= 11 is 0. The van der Waals surface area contributed by atoms with Gasteiger partial charge < -0.3 is 37.3 Å². The number of aromatic nitrogens is 1. The van der Waals surface area contributed by atoms with Crippen molar-refractivity contribution in [3.05, 3.63) is 84.6 Å². The lowest BCUT2D eigenvalue weighted by Gasteiger charge is -2.32. The van der Waals surface area contributed by atoms with Gasteiger partial charge in [-0.2, -0.15) is 0 Å². The van der Waals surface area contributed by atoms with Crippen LogP contribution in [0.4, 0.5) is 11.4 Å². The Morgan fingerprint density at radius 3 is 2.36 bits per heavy atom. The van der Waals surface area contributed by atoms with Gasteiger partial charge in [0, 0.05) is 47.5 Å². The molecular weight excluding hydrogens is 566 g/mol. The van der Waals surface area contributed by atoms with Crippen LogP contribution in [0.15, 0.2) is 79.0 Å². The molecule has 2 bridgehead atoms. The molecule has 0 saturated carbocycles. The van der Waals surface area contributed by atoms with Crippen molar-refractivity contribution in [2.45, 2.75) is 56.7 Å². The number of likely N-dealkylation sites (N-methyl/N-ethyl adjacent to an activating group) is 1. The first-order chi connectivity index (χ1) is 21.9. The maximum atomic E-state index is 14.2. The second-order valence-corrected chi connectivity index (χ2v) is 11.6. The van der Waals surface area contributed by atoms with Crippen LogP contribution in [0.25, 0.3) is 22.0 Å². The number of H-pyrrole nitrogens is 1. The van der Waals surface area contributed by atoms with Crippen molar-refractivity contribution in [3.63, 3.8) is 0 Å². The molecule has 10 heteroatoms. The summed E-state index contributed by atoms with van der Waals surface area (Å²) < 4.78 is 0. The van der Waals surface area contributed by atoms with Crippen LogP contribution in [0.1, 0.15) is 37.7 Å². The summed E-state index contributed by atoms with van der Waals surface area (Å²) in [4.78, 5) is 47.0. The van der Waals surface area contributed by atoms with E-state index in [4.69, 9.17) is 11.5 Å². The SMILES string of the molecule is CN1C(=O)[C@H](CCCCN)NC(=O)[C@H](CCCN)Nc2cccc(c2)-c2ccccc2NC(=O)[C@@H]1Cc1c[nH]c2ccccc12. The van der Waals surface area contributed by atoms with E-state index in [2.05, 4.69) is 20.9 Å². The van der Waals surface area contributed by atoms with E-state index in [1.54, 1.807) is 7.05 Å². The molecule has 0 saturated heterocycles. The maximum absolute atomic E-state index is 14.2. The van der Waals surface area contributed by atoms with Crippen LogP contribution in [-0.4, -0.2) is 65.9 Å². The summed E-state index contributed by atoms with van der Waals surface area (Å²) in [6.07, 6.45) is 5.04. The van der Waals surface area contributed by atoms with Gasteiger partial charge in [-0.05, 0) is 80.6 Å². The van der Waals surface area contributed by atoms with Crippen LogP contribution >= 0.6 is 0 Å². The van der Waals surface area contributed by atoms with Gasteiger partial charge in [-0.15, -0.1) is 0 Å². The Kier molecular flexibility index (Phi) is 10.5. The van der Waals surface area contributed by atoms with E-state index >= 15 is 0 Å². The number of aromatic amines is 1. The summed E-state index contributed by atoms with van der Waals surface area (Å²) in [5.41, 5.74) is 16.5. The molecule has 3 amide bonds. The summed E-state index contributed by atoms with van der Waals surface area (Å²) in [6, 6.07) is 20.9. The average Bonchev–Trinajstić information content (AvgIpc) is 3.47. The molecular formula is C35H43N7O3. The van der Waals surface area contributed by atoms with Gasteiger partial charge in [0.2, 0.25) is 17.7 Å². The van der Waals surface area contributed by atoms with Crippen molar-refractivity contribution >= 4 is 40.0 Å². The molecule has 0 spiro atoms. The zero-order valence-electron chi connectivity index (χ0n) is 25.7. The molecule has 5 rings (SSSR count). The van der Waals surface area contributed by atoms with Crippen molar-refractivity contribution in [3.8, 4) is 11.1 Å². The normalized spacial score (nSPS) is 19.2. The molecule has 45 heavy (non-hydrogen) atoms. The number of amides is 3. The fraction of sp³-hybridized carbons (Fsp3) is 0.343. The standard InChI is InChI=1S/C35H43N7O3/c1-42-32(21-24-22-38-28-14-4-2-13-27(24)28)34(44)40-29-15-5-3-12-26(29)23-10-8-11-25(20-23)39-30(17-9-19-37)33(43)41-31(35(42)45)16-6-7-18-36/h2-5,8,10-15,20,22,30-32,38-39H,6-7,9,16-19,21,36-37H2,1H3,(H,40,44)(H,41,43)/t30-,31-,32-/m0/s1. The number of nitrogens with two attached hydrogens (primary N) is 2. The molecule has 0 radical (unpaired) electrons. The number of nitrogens with zero attached hydrogens (tertiary/aromatic N) is 1. The zero-order chi connectivity index (χ0) is 31.8. The van der Waals surface area contributed by atoms with E-state index in [-0.39, 0.29) is 24.1 Å². The van der Waals surface area contributed by atoms with Gasteiger partial charge in [0.1, 0.15) is 18.1 Å². The maximum Gasteiger partial charge on any atom is 0.247 e. The van der Waals surface area contributed by atoms with Crippen LogP contribution in [0.2, 0.25) is 0 Å². The number of hydrogen-bond acceptors (Lipinski definition) is 6. The van der Waals surface area contributed by atoms with Crippen molar-refractivity contribution in [1.29, 1.82) is 0 Å². The molecule has 0 fully saturated rings. The third kappa shape index (κ3) is 7.53. The Hall–Kier alpha value is -4.67. The number of hydrogen-bond donors (Lipinski definition) is 6. The second kappa shape index (κ2) is 14.9. The number of carbonyl (C=O) groups excluding carboxylic acids is 3. The first kappa shape index (κ1) is 31.7. The lowest BCUT2D eigenvalue weighted by molar-refractivity contribution is -0.140. The Bertz CT molecular complexity index is 1630. The summed E-state index contributed by atoms with van der Waals surface area (Å²) in [5, 5.41) is 10.5. The molecule has 2 heterocycles. The van der Waals surface area contributed by atoms with E-state index < -0.39 is 18.1 Å². The topological polar surface area (TPSA) is 158 Å². The summed E-state index contributed by atoms with van der Waals surface area (Å²) in [6.45, 7) is 0.913. The second-order valence-electron chi connectivity index (χ2n) is 11.6. The van der Waals surface area contributed by atoms with E-state index in [9.17, 15) is 14.4 Å². The molecule has 0 unspecified atom stereocenters. The first-order valence-electron chi connectivity index (χ1n) is 15.7. The third-order valence-electron chi connectivity index (χ3n) is 8.48. The average molecular weight is 610 g/mol. The van der Waals surface area contributed by atoms with Gasteiger partial charge in [-0.1, -0.05) is 48.5 Å². The van der Waals surface area contributed by atoms with Gasteiger partial charge in [0.25, 0.3) is 0 Å². The van der Waals surface area contributed by atoms with Crippen LogP contribution in [-0.2, 0) is 20.8 Å². The van der Waals surface area contributed by atoms with Crippen LogP contribution < -0.4 is 27.4 Å². The number of para-hydroxylation sites is 2. The largest absolute Gasteiger partial charge is 0.374 e. The van der Waals surface area contributed by atoms with Crippen LogP contribution in [0.3, 0.4) is 0 Å². The number of anilines is 2. The molecule has 0 aliphatic carbocycles. The molecule has 1 aliphatic rings.